The van der Waals surface area contributed by atoms with Crippen molar-refractivity contribution >= 4 is 5.97 Å². The summed E-state index contributed by atoms with van der Waals surface area (Å²) in [4.78, 5) is 11.1. The Labute approximate surface area is 81.7 Å². The minimum absolute atomic E-state index is 0.0703. The molecular weight excluding hydrogens is 164 g/mol. The number of carbonyl (C=O) groups is 1. The number of rotatable bonds is 6. The second-order valence-corrected chi connectivity index (χ2v) is 4.06. The second-order valence-electron chi connectivity index (χ2n) is 4.06. The molecule has 0 aliphatic carbocycles. The van der Waals surface area contributed by atoms with Gasteiger partial charge in [-0.3, -0.25) is 4.79 Å². The van der Waals surface area contributed by atoms with Gasteiger partial charge in [0.15, 0.2) is 0 Å². The fourth-order valence-electron chi connectivity index (χ4n) is 1.70. The van der Waals surface area contributed by atoms with Gasteiger partial charge in [0.2, 0.25) is 0 Å². The van der Waals surface area contributed by atoms with Gasteiger partial charge < -0.3 is 4.74 Å². The molecule has 0 radical (unpaired) electrons. The highest BCUT2D eigenvalue weighted by Crippen LogP contribution is 2.20. The van der Waals surface area contributed by atoms with E-state index in [1.54, 1.807) is 0 Å². The summed E-state index contributed by atoms with van der Waals surface area (Å²) in [7, 11) is 1.46. The molecule has 78 valence electrons. The Bertz CT molecular complexity index is 141. The number of methoxy groups -OCH3 is 1. The molecular formula is C11H22O2. The summed E-state index contributed by atoms with van der Waals surface area (Å²) in [5, 5.41) is 0. The molecule has 0 saturated heterocycles. The summed E-state index contributed by atoms with van der Waals surface area (Å²) in [6.07, 6.45) is 3.99. The molecule has 0 aliphatic heterocycles. The van der Waals surface area contributed by atoms with Gasteiger partial charge in [-0.2, -0.15) is 0 Å². The monoisotopic (exact) mass is 186 g/mol. The van der Waals surface area contributed by atoms with Gasteiger partial charge in [0.05, 0.1) is 7.11 Å². The van der Waals surface area contributed by atoms with E-state index in [0.29, 0.717) is 18.3 Å². The summed E-state index contributed by atoms with van der Waals surface area (Å²) < 4.78 is 4.67. The van der Waals surface area contributed by atoms with Gasteiger partial charge in [0.1, 0.15) is 0 Å². The smallest absolute Gasteiger partial charge is 0.305 e. The average Bonchev–Trinajstić information content (AvgIpc) is 2.03. The van der Waals surface area contributed by atoms with Crippen LogP contribution in [-0.2, 0) is 9.53 Å². The van der Waals surface area contributed by atoms with Crippen LogP contribution in [0.25, 0.3) is 0 Å². The molecule has 0 spiro atoms. The van der Waals surface area contributed by atoms with E-state index in [1.165, 1.54) is 7.11 Å². The zero-order valence-corrected chi connectivity index (χ0v) is 9.30. The quantitative estimate of drug-likeness (QED) is 0.596. The van der Waals surface area contributed by atoms with Gasteiger partial charge in [-0.15, -0.1) is 0 Å². The normalized spacial score (nSPS) is 13.0. The van der Waals surface area contributed by atoms with Crippen molar-refractivity contribution in [2.24, 2.45) is 11.8 Å². The lowest BCUT2D eigenvalue weighted by Crippen LogP contribution is -2.12. The molecule has 0 aromatic heterocycles. The first-order chi connectivity index (χ1) is 6.10. The largest absolute Gasteiger partial charge is 0.469 e. The molecule has 0 aromatic rings. The van der Waals surface area contributed by atoms with Crippen LogP contribution in [0, 0.1) is 11.8 Å². The van der Waals surface area contributed by atoms with Crippen molar-refractivity contribution in [2.45, 2.75) is 46.5 Å². The Hall–Kier alpha value is -0.530. The SMILES string of the molecule is CCCC(CC(=O)OC)CC(C)C. The molecule has 0 rings (SSSR count). The predicted octanol–water partition coefficient (Wildman–Crippen LogP) is 3.01. The van der Waals surface area contributed by atoms with Gasteiger partial charge in [-0.25, -0.2) is 0 Å². The average molecular weight is 186 g/mol. The topological polar surface area (TPSA) is 26.3 Å². The molecule has 2 nitrogen and oxygen atoms in total. The molecule has 0 aliphatic rings. The highest BCUT2D eigenvalue weighted by Gasteiger charge is 2.14. The fourth-order valence-corrected chi connectivity index (χ4v) is 1.70. The van der Waals surface area contributed by atoms with Crippen molar-refractivity contribution < 1.29 is 9.53 Å². The number of esters is 1. The van der Waals surface area contributed by atoms with Crippen molar-refractivity contribution in [3.63, 3.8) is 0 Å². The van der Waals surface area contributed by atoms with Crippen molar-refractivity contribution in [1.29, 1.82) is 0 Å². The minimum Gasteiger partial charge on any atom is -0.469 e. The van der Waals surface area contributed by atoms with Crippen LogP contribution < -0.4 is 0 Å². The van der Waals surface area contributed by atoms with Crippen LogP contribution in [0.4, 0.5) is 0 Å². The lowest BCUT2D eigenvalue weighted by Gasteiger charge is -2.16. The molecule has 0 fully saturated rings. The Kier molecular flexibility index (Phi) is 6.65. The first-order valence-electron chi connectivity index (χ1n) is 5.16. The molecule has 13 heavy (non-hydrogen) atoms. The summed E-state index contributed by atoms with van der Waals surface area (Å²) >= 11 is 0. The van der Waals surface area contributed by atoms with E-state index >= 15 is 0 Å². The summed E-state index contributed by atoms with van der Waals surface area (Å²) in [6, 6.07) is 0. The van der Waals surface area contributed by atoms with Crippen LogP contribution in [0.2, 0.25) is 0 Å². The molecule has 0 bridgehead atoms. The summed E-state index contributed by atoms with van der Waals surface area (Å²) in [5.41, 5.74) is 0. The van der Waals surface area contributed by atoms with E-state index in [2.05, 4.69) is 25.5 Å². The Morgan fingerprint density at radius 1 is 1.38 bits per heavy atom. The van der Waals surface area contributed by atoms with Crippen LogP contribution >= 0.6 is 0 Å². The van der Waals surface area contributed by atoms with E-state index in [-0.39, 0.29) is 5.97 Å². The van der Waals surface area contributed by atoms with Crippen molar-refractivity contribution in [1.82, 2.24) is 0 Å². The number of carbonyl (C=O) groups excluding carboxylic acids is 1. The fraction of sp³-hybridized carbons (Fsp3) is 0.909. The lowest BCUT2D eigenvalue weighted by atomic mass is 9.90. The zero-order chi connectivity index (χ0) is 10.3. The summed E-state index contributed by atoms with van der Waals surface area (Å²) in [5.74, 6) is 1.11. The van der Waals surface area contributed by atoms with Gasteiger partial charge in [0.25, 0.3) is 0 Å². The van der Waals surface area contributed by atoms with Crippen LogP contribution in [0.1, 0.15) is 46.5 Å². The van der Waals surface area contributed by atoms with E-state index in [4.69, 9.17) is 0 Å². The maximum absolute atomic E-state index is 11.1. The van der Waals surface area contributed by atoms with E-state index in [0.717, 1.165) is 19.3 Å². The van der Waals surface area contributed by atoms with Crippen LogP contribution in [-0.4, -0.2) is 13.1 Å². The molecule has 0 saturated carbocycles. The van der Waals surface area contributed by atoms with Gasteiger partial charge in [-0.05, 0) is 18.3 Å². The van der Waals surface area contributed by atoms with Crippen LogP contribution in [0.15, 0.2) is 0 Å². The number of hydrogen-bond acceptors (Lipinski definition) is 2. The zero-order valence-electron chi connectivity index (χ0n) is 9.30. The standard InChI is InChI=1S/C11H22O2/c1-5-6-10(7-9(2)3)8-11(12)13-4/h9-10H,5-8H2,1-4H3. The number of ether oxygens (including phenoxy) is 1. The Morgan fingerprint density at radius 3 is 2.38 bits per heavy atom. The van der Waals surface area contributed by atoms with Crippen LogP contribution in [0.5, 0.6) is 0 Å². The highest BCUT2D eigenvalue weighted by molar-refractivity contribution is 5.69. The van der Waals surface area contributed by atoms with E-state index in [9.17, 15) is 4.79 Å². The summed E-state index contributed by atoms with van der Waals surface area (Å²) in [6.45, 7) is 6.55. The lowest BCUT2D eigenvalue weighted by molar-refractivity contribution is -0.141. The second kappa shape index (κ2) is 6.93. The van der Waals surface area contributed by atoms with Crippen molar-refractivity contribution in [3.05, 3.63) is 0 Å². The highest BCUT2D eigenvalue weighted by atomic mass is 16.5. The molecule has 0 heterocycles. The Morgan fingerprint density at radius 2 is 2.00 bits per heavy atom. The Balaban J connectivity index is 3.86. The van der Waals surface area contributed by atoms with Gasteiger partial charge in [0, 0.05) is 6.42 Å². The van der Waals surface area contributed by atoms with Crippen molar-refractivity contribution in [3.8, 4) is 0 Å². The molecule has 1 atom stereocenters. The van der Waals surface area contributed by atoms with Gasteiger partial charge in [-0.1, -0.05) is 33.6 Å². The van der Waals surface area contributed by atoms with E-state index < -0.39 is 0 Å². The van der Waals surface area contributed by atoms with Gasteiger partial charge >= 0.3 is 5.97 Å². The molecule has 1 unspecified atom stereocenters. The maximum Gasteiger partial charge on any atom is 0.305 e. The molecule has 0 aromatic carbocycles. The number of hydrogen-bond donors (Lipinski definition) is 0. The third kappa shape index (κ3) is 6.62. The third-order valence-electron chi connectivity index (χ3n) is 2.18. The first kappa shape index (κ1) is 12.5. The first-order valence-corrected chi connectivity index (χ1v) is 5.16. The minimum atomic E-state index is -0.0703. The third-order valence-corrected chi connectivity index (χ3v) is 2.18. The van der Waals surface area contributed by atoms with Crippen molar-refractivity contribution in [2.75, 3.05) is 7.11 Å². The predicted molar refractivity (Wildman–Crippen MR) is 54.5 cm³/mol. The maximum atomic E-state index is 11.1. The molecule has 0 N–H and O–H groups in total. The van der Waals surface area contributed by atoms with Crippen LogP contribution in [0.3, 0.4) is 0 Å². The molecule has 0 amide bonds. The van der Waals surface area contributed by atoms with E-state index in [1.807, 2.05) is 0 Å². The molecule has 2 heteroatoms.